The lowest BCUT2D eigenvalue weighted by atomic mass is 10.1. The molecule has 32 heavy (non-hydrogen) atoms. The zero-order chi connectivity index (χ0) is 23.4. The van der Waals surface area contributed by atoms with Crippen LogP contribution in [0.3, 0.4) is 0 Å². The number of benzene rings is 1. The smallest absolute Gasteiger partial charge is 0.348 e. The van der Waals surface area contributed by atoms with Crippen LogP contribution in [0.25, 0.3) is 0 Å². The fraction of sp³-hybridized carbons (Fsp3) is 0.350. The van der Waals surface area contributed by atoms with Gasteiger partial charge in [-0.15, -0.1) is 11.3 Å². The molecule has 0 bridgehead atoms. The zero-order valence-corrected chi connectivity index (χ0v) is 19.4. The number of rotatable bonds is 5. The molecule has 0 radical (unpaired) electrons. The molecule has 1 saturated heterocycles. The summed E-state index contributed by atoms with van der Waals surface area (Å²) < 4.78 is 9.67. The minimum absolute atomic E-state index is 0.0525. The van der Waals surface area contributed by atoms with Crippen LogP contribution in [0, 0.1) is 17.0 Å². The Labute approximate surface area is 193 Å². The number of anilines is 2. The first-order valence-electron chi connectivity index (χ1n) is 9.62. The molecular formula is C20H22N4O6S2. The average Bonchev–Trinajstić information content (AvgIpc) is 3.13. The van der Waals surface area contributed by atoms with Gasteiger partial charge in [0.05, 0.1) is 24.7 Å². The SMILES string of the molecule is COC(=O)c1sc(NC(=S)N2CCN(c3ccc([N+](=O)[O-])cc3)CC2)c(C(=O)OC)c1C. The summed E-state index contributed by atoms with van der Waals surface area (Å²) in [7, 11) is 2.55. The van der Waals surface area contributed by atoms with Crippen molar-refractivity contribution >= 4 is 57.0 Å². The molecule has 1 N–H and O–H groups in total. The summed E-state index contributed by atoms with van der Waals surface area (Å²) in [6, 6.07) is 6.44. The van der Waals surface area contributed by atoms with Gasteiger partial charge in [-0.1, -0.05) is 0 Å². The summed E-state index contributed by atoms with van der Waals surface area (Å²) in [6.45, 7) is 4.22. The van der Waals surface area contributed by atoms with Gasteiger partial charge in [-0.05, 0) is 36.8 Å². The predicted molar refractivity (Wildman–Crippen MR) is 125 cm³/mol. The molecule has 2 heterocycles. The van der Waals surface area contributed by atoms with E-state index < -0.39 is 16.9 Å². The van der Waals surface area contributed by atoms with E-state index in [9.17, 15) is 19.7 Å². The van der Waals surface area contributed by atoms with Crippen LogP contribution in [0.5, 0.6) is 0 Å². The molecule has 1 aliphatic heterocycles. The van der Waals surface area contributed by atoms with E-state index in [0.29, 0.717) is 46.7 Å². The highest BCUT2D eigenvalue weighted by Gasteiger charge is 2.28. The van der Waals surface area contributed by atoms with Crippen LogP contribution in [-0.2, 0) is 9.47 Å². The van der Waals surface area contributed by atoms with Gasteiger partial charge in [0.15, 0.2) is 5.11 Å². The molecule has 1 fully saturated rings. The largest absolute Gasteiger partial charge is 0.465 e. The Kier molecular flexibility index (Phi) is 7.26. The van der Waals surface area contributed by atoms with Crippen LogP contribution in [0.1, 0.15) is 25.6 Å². The Morgan fingerprint density at radius 3 is 2.22 bits per heavy atom. The number of nitrogens with zero attached hydrogens (tertiary/aromatic N) is 3. The fourth-order valence-electron chi connectivity index (χ4n) is 3.37. The number of esters is 2. The first-order valence-corrected chi connectivity index (χ1v) is 10.8. The number of nitrogens with one attached hydrogen (secondary N) is 1. The normalized spacial score (nSPS) is 13.5. The van der Waals surface area contributed by atoms with Crippen molar-refractivity contribution in [1.82, 2.24) is 4.90 Å². The lowest BCUT2D eigenvalue weighted by Gasteiger charge is -2.37. The van der Waals surface area contributed by atoms with Gasteiger partial charge in [0.2, 0.25) is 0 Å². The summed E-state index contributed by atoms with van der Waals surface area (Å²) in [5, 5.41) is 14.8. The van der Waals surface area contributed by atoms with Gasteiger partial charge in [-0.3, -0.25) is 10.1 Å². The molecule has 3 rings (SSSR count). The van der Waals surface area contributed by atoms with Crippen molar-refractivity contribution in [1.29, 1.82) is 0 Å². The minimum Gasteiger partial charge on any atom is -0.465 e. The Balaban J connectivity index is 1.69. The summed E-state index contributed by atoms with van der Waals surface area (Å²) >= 11 is 6.64. The third kappa shape index (κ3) is 4.81. The Hall–Kier alpha value is -3.25. The number of methoxy groups -OCH3 is 2. The number of hydrogen-bond donors (Lipinski definition) is 1. The fourth-order valence-corrected chi connectivity index (χ4v) is 4.83. The van der Waals surface area contributed by atoms with E-state index in [1.807, 2.05) is 4.90 Å². The average molecular weight is 479 g/mol. The van der Waals surface area contributed by atoms with Crippen LogP contribution >= 0.6 is 23.6 Å². The standard InChI is InChI=1S/C20H22N4O6S2/c1-12-15(18(25)29-2)17(32-16(12)19(26)30-3)21-20(31)23-10-8-22(9-11-23)13-4-6-14(7-5-13)24(27)28/h4-7H,8-11H2,1-3H3,(H,21,31). The summed E-state index contributed by atoms with van der Waals surface area (Å²) in [5.74, 6) is -1.10. The van der Waals surface area contributed by atoms with Gasteiger partial charge in [0, 0.05) is 44.0 Å². The highest BCUT2D eigenvalue weighted by molar-refractivity contribution is 7.80. The second-order valence-corrected chi connectivity index (χ2v) is 8.33. The van der Waals surface area contributed by atoms with E-state index in [4.69, 9.17) is 21.7 Å². The maximum absolute atomic E-state index is 12.3. The summed E-state index contributed by atoms with van der Waals surface area (Å²) in [5.41, 5.74) is 1.68. The molecule has 12 heteroatoms. The monoisotopic (exact) mass is 478 g/mol. The third-order valence-corrected chi connectivity index (χ3v) is 6.67. The molecule has 0 amide bonds. The number of non-ortho nitro benzene ring substituents is 1. The number of piperazine rings is 1. The zero-order valence-electron chi connectivity index (χ0n) is 17.7. The Bertz CT molecular complexity index is 1050. The number of hydrogen-bond acceptors (Lipinski definition) is 9. The van der Waals surface area contributed by atoms with Gasteiger partial charge in [-0.25, -0.2) is 9.59 Å². The minimum atomic E-state index is -0.567. The molecule has 0 aliphatic carbocycles. The summed E-state index contributed by atoms with van der Waals surface area (Å²) in [4.78, 5) is 39.1. The third-order valence-electron chi connectivity index (χ3n) is 5.12. The highest BCUT2D eigenvalue weighted by atomic mass is 32.1. The van der Waals surface area contributed by atoms with E-state index in [-0.39, 0.29) is 11.3 Å². The van der Waals surface area contributed by atoms with E-state index >= 15 is 0 Å². The lowest BCUT2D eigenvalue weighted by molar-refractivity contribution is -0.384. The van der Waals surface area contributed by atoms with Crippen molar-refractivity contribution in [2.45, 2.75) is 6.92 Å². The predicted octanol–water partition coefficient (Wildman–Crippen LogP) is 3.06. The van der Waals surface area contributed by atoms with E-state index in [2.05, 4.69) is 10.2 Å². The van der Waals surface area contributed by atoms with E-state index in [1.165, 1.54) is 26.4 Å². The van der Waals surface area contributed by atoms with Gasteiger partial charge < -0.3 is 24.6 Å². The first-order chi connectivity index (χ1) is 15.3. The number of thiocarbonyl (C=S) groups is 1. The molecule has 0 atom stereocenters. The maximum atomic E-state index is 12.3. The van der Waals surface area contributed by atoms with Crippen LogP contribution in [0.2, 0.25) is 0 Å². The quantitative estimate of drug-likeness (QED) is 0.298. The van der Waals surface area contributed by atoms with Crippen LogP contribution in [0.4, 0.5) is 16.4 Å². The van der Waals surface area contributed by atoms with E-state index in [1.54, 1.807) is 19.1 Å². The molecule has 1 aliphatic rings. The second kappa shape index (κ2) is 9.92. The van der Waals surface area contributed by atoms with Crippen molar-refractivity contribution in [2.75, 3.05) is 50.6 Å². The molecule has 0 saturated carbocycles. The number of nitro groups is 1. The van der Waals surface area contributed by atoms with Crippen molar-refractivity contribution in [3.8, 4) is 0 Å². The number of carbonyl (C=O) groups is 2. The molecule has 2 aromatic rings. The van der Waals surface area contributed by atoms with Gasteiger partial charge in [0.25, 0.3) is 5.69 Å². The van der Waals surface area contributed by atoms with Crippen LogP contribution < -0.4 is 10.2 Å². The molecule has 1 aromatic heterocycles. The molecule has 0 spiro atoms. The van der Waals surface area contributed by atoms with Crippen LogP contribution in [-0.4, -0.2) is 67.3 Å². The van der Waals surface area contributed by atoms with Gasteiger partial charge >= 0.3 is 11.9 Å². The lowest BCUT2D eigenvalue weighted by Crippen LogP contribution is -2.50. The molecule has 1 aromatic carbocycles. The first kappa shape index (κ1) is 23.4. The van der Waals surface area contributed by atoms with Crippen molar-refractivity contribution in [3.63, 3.8) is 0 Å². The van der Waals surface area contributed by atoms with Crippen LogP contribution in [0.15, 0.2) is 24.3 Å². The molecule has 10 nitrogen and oxygen atoms in total. The second-order valence-electron chi connectivity index (χ2n) is 6.92. The highest BCUT2D eigenvalue weighted by Crippen LogP contribution is 2.34. The summed E-state index contributed by atoms with van der Waals surface area (Å²) in [6.07, 6.45) is 0. The van der Waals surface area contributed by atoms with Gasteiger partial charge in [-0.2, -0.15) is 0 Å². The Morgan fingerprint density at radius 2 is 1.69 bits per heavy atom. The number of ether oxygens (including phenoxy) is 2. The maximum Gasteiger partial charge on any atom is 0.348 e. The molecule has 0 unspecified atom stereocenters. The number of thiophene rings is 1. The van der Waals surface area contributed by atoms with Crippen molar-refractivity contribution in [3.05, 3.63) is 50.4 Å². The molecule has 170 valence electrons. The number of nitro benzene ring substituents is 1. The Morgan fingerprint density at radius 1 is 1.09 bits per heavy atom. The number of carbonyl (C=O) groups excluding carboxylic acids is 2. The van der Waals surface area contributed by atoms with Gasteiger partial charge in [0.1, 0.15) is 9.88 Å². The van der Waals surface area contributed by atoms with Crippen molar-refractivity contribution in [2.24, 2.45) is 0 Å². The van der Waals surface area contributed by atoms with Crippen molar-refractivity contribution < 1.29 is 24.0 Å². The topological polar surface area (TPSA) is 114 Å². The van der Waals surface area contributed by atoms with E-state index in [0.717, 1.165) is 17.0 Å². The molecular weight excluding hydrogens is 456 g/mol.